The highest BCUT2D eigenvalue weighted by Crippen LogP contribution is 2.40. The molecule has 2 aliphatic rings. The summed E-state index contributed by atoms with van der Waals surface area (Å²) in [5, 5.41) is 13.3. The van der Waals surface area contributed by atoms with Gasteiger partial charge in [-0.15, -0.1) is 11.8 Å². The van der Waals surface area contributed by atoms with Crippen molar-refractivity contribution >= 4 is 60.5 Å². The maximum absolute atomic E-state index is 14.2. The summed E-state index contributed by atoms with van der Waals surface area (Å²) in [5.74, 6) is -0.500. The SMILES string of the molecule is CO[C@@H](c1ccccc1-c1ccc(Cl)cc1)C1CCN(c2ccc(C(=O)NS(=O)(=O)c3ccc(N[C@@H](CSc4ccccc4)C[C@H]4CCCN4CCO)c(S(=O)(=O)C(F)(F)F)c3)cc2)CC1. The number of nitrogens with zero attached hydrogens (tertiary/aromatic N) is 2. The van der Waals surface area contributed by atoms with E-state index in [4.69, 9.17) is 16.3 Å². The standard InChI is InChI=1S/C48H52ClF3N4O7S3/c1-63-46(43-12-6-5-11-42(43)33-13-17-36(49)18-14-33)34-23-26-56(27-24-34)38-19-15-35(16-20-38)47(58)54-66(61,62)41-21-22-44(45(31-41)65(59,60)48(50,51)52)53-37(32-64-40-9-3-2-4-10-40)30-39-8-7-25-55(39)28-29-57/h2-6,9-22,31,34,37,39,46,53,57H,7-8,23-30,32H2,1H3,(H,54,58)/t37-,39-,46-/m1/s1. The van der Waals surface area contributed by atoms with Crippen LogP contribution in [0.25, 0.3) is 11.1 Å². The van der Waals surface area contributed by atoms with Gasteiger partial charge in [-0.25, -0.2) is 21.6 Å². The number of β-amino-alcohol motifs (C(OH)–C–C–N with tert-alkyl or cyclic N) is 1. The van der Waals surface area contributed by atoms with Gasteiger partial charge in [-0.3, -0.25) is 9.69 Å². The van der Waals surface area contributed by atoms with Crippen LogP contribution < -0.4 is 14.9 Å². The zero-order chi connectivity index (χ0) is 47.1. The van der Waals surface area contributed by atoms with E-state index in [-0.39, 0.29) is 30.2 Å². The van der Waals surface area contributed by atoms with E-state index in [0.717, 1.165) is 71.6 Å². The van der Waals surface area contributed by atoms with Crippen LogP contribution in [-0.4, -0.2) is 96.0 Å². The molecule has 18 heteroatoms. The Morgan fingerprint density at radius 1 is 0.879 bits per heavy atom. The number of sulfone groups is 1. The number of hydrogen-bond donors (Lipinski definition) is 3. The molecule has 2 heterocycles. The van der Waals surface area contributed by atoms with Crippen molar-refractivity contribution in [3.8, 4) is 11.1 Å². The van der Waals surface area contributed by atoms with Crippen molar-refractivity contribution in [2.45, 2.75) is 70.5 Å². The van der Waals surface area contributed by atoms with Crippen molar-refractivity contribution in [1.82, 2.24) is 9.62 Å². The molecular formula is C48H52ClF3N4O7S3. The lowest BCUT2D eigenvalue weighted by molar-refractivity contribution is -0.0435. The highest BCUT2D eigenvalue weighted by molar-refractivity contribution is 7.99. The molecule has 0 spiro atoms. The second-order valence-corrected chi connectivity index (χ2v) is 21.5. The fraction of sp³-hybridized carbons (Fsp3) is 0.354. The number of halogens is 4. The summed E-state index contributed by atoms with van der Waals surface area (Å²) < 4.78 is 104. The molecule has 352 valence electrons. The fourth-order valence-corrected chi connectivity index (χ4v) is 12.0. The van der Waals surface area contributed by atoms with Crippen LogP contribution in [0.2, 0.25) is 5.02 Å². The summed E-state index contributed by atoms with van der Waals surface area (Å²) >= 11 is 7.58. The Kier molecular flexibility index (Phi) is 16.1. The molecule has 5 aromatic carbocycles. The van der Waals surface area contributed by atoms with Crippen molar-refractivity contribution in [2.24, 2.45) is 5.92 Å². The lowest BCUT2D eigenvalue weighted by Crippen LogP contribution is -2.38. The number of amides is 1. The van der Waals surface area contributed by atoms with Crippen molar-refractivity contribution in [2.75, 3.05) is 55.9 Å². The summed E-state index contributed by atoms with van der Waals surface area (Å²) in [4.78, 5) is 16.4. The zero-order valence-electron chi connectivity index (χ0n) is 36.2. The van der Waals surface area contributed by atoms with Crippen molar-refractivity contribution < 1.29 is 44.6 Å². The van der Waals surface area contributed by atoms with Gasteiger partial charge in [0.05, 0.1) is 23.3 Å². The Morgan fingerprint density at radius 2 is 1.56 bits per heavy atom. The Bertz CT molecular complexity index is 2660. The smallest absolute Gasteiger partial charge is 0.395 e. The van der Waals surface area contributed by atoms with Crippen LogP contribution in [0.5, 0.6) is 0 Å². The van der Waals surface area contributed by atoms with Gasteiger partial charge in [-0.1, -0.05) is 66.2 Å². The van der Waals surface area contributed by atoms with Gasteiger partial charge in [-0.2, -0.15) is 13.2 Å². The number of sulfonamides is 1. The Morgan fingerprint density at radius 3 is 2.23 bits per heavy atom. The number of likely N-dealkylation sites (tertiary alicyclic amines) is 1. The van der Waals surface area contributed by atoms with E-state index in [2.05, 4.69) is 27.2 Å². The third kappa shape index (κ3) is 11.7. The molecule has 0 aliphatic carbocycles. The molecule has 0 saturated carbocycles. The molecular weight excluding hydrogens is 933 g/mol. The number of hydrogen-bond acceptors (Lipinski definition) is 11. The number of thioether (sulfide) groups is 1. The second kappa shape index (κ2) is 21.6. The summed E-state index contributed by atoms with van der Waals surface area (Å²) in [6.07, 6.45) is 3.51. The van der Waals surface area contributed by atoms with Crippen LogP contribution in [-0.2, 0) is 24.6 Å². The molecule has 7 rings (SSSR count). The normalized spacial score (nSPS) is 17.4. The zero-order valence-corrected chi connectivity index (χ0v) is 39.4. The topological polar surface area (TPSA) is 145 Å². The molecule has 66 heavy (non-hydrogen) atoms. The van der Waals surface area contributed by atoms with Crippen LogP contribution in [0.4, 0.5) is 24.5 Å². The molecule has 0 radical (unpaired) electrons. The van der Waals surface area contributed by atoms with Crippen LogP contribution in [0.1, 0.15) is 54.1 Å². The number of methoxy groups -OCH3 is 1. The van der Waals surface area contributed by atoms with Gasteiger partial charge in [0.15, 0.2) is 0 Å². The number of piperidine rings is 1. The average Bonchev–Trinajstić information content (AvgIpc) is 3.75. The van der Waals surface area contributed by atoms with Gasteiger partial charge in [0.1, 0.15) is 4.90 Å². The Hall–Kier alpha value is -4.62. The summed E-state index contributed by atoms with van der Waals surface area (Å²) in [5.41, 5.74) is -2.22. The summed E-state index contributed by atoms with van der Waals surface area (Å²) in [6, 6.07) is 33.3. The molecule has 1 amide bonds. The molecule has 2 saturated heterocycles. The molecule has 3 atom stereocenters. The van der Waals surface area contributed by atoms with Crippen LogP contribution >= 0.6 is 23.4 Å². The first-order chi connectivity index (χ1) is 31.6. The van der Waals surface area contributed by atoms with E-state index in [1.807, 2.05) is 71.5 Å². The lowest BCUT2D eigenvalue weighted by atomic mass is 9.84. The number of aliphatic hydroxyl groups excluding tert-OH is 1. The molecule has 11 nitrogen and oxygen atoms in total. The Labute approximate surface area is 393 Å². The van der Waals surface area contributed by atoms with Crippen LogP contribution in [0, 0.1) is 5.92 Å². The number of carbonyl (C=O) groups excluding carboxylic acids is 1. The second-order valence-electron chi connectivity index (χ2n) is 16.4. The number of benzene rings is 5. The first kappa shape index (κ1) is 49.3. The van der Waals surface area contributed by atoms with Gasteiger partial charge in [0.2, 0.25) is 0 Å². The van der Waals surface area contributed by atoms with E-state index in [1.54, 1.807) is 19.2 Å². The quantitative estimate of drug-likeness (QED) is 0.0723. The molecule has 5 aromatic rings. The molecule has 3 N–H and O–H groups in total. The highest BCUT2D eigenvalue weighted by atomic mass is 35.5. The number of aliphatic hydroxyl groups is 1. The molecule has 0 aromatic heterocycles. The number of rotatable bonds is 18. The summed E-state index contributed by atoms with van der Waals surface area (Å²) in [6.45, 7) is 2.46. The molecule has 0 unspecified atom stereocenters. The number of carbonyl (C=O) groups is 1. The van der Waals surface area contributed by atoms with Crippen LogP contribution in [0.15, 0.2) is 136 Å². The van der Waals surface area contributed by atoms with E-state index in [1.165, 1.54) is 23.9 Å². The van der Waals surface area contributed by atoms with Crippen molar-refractivity contribution in [3.05, 3.63) is 137 Å². The third-order valence-electron chi connectivity index (χ3n) is 12.2. The van der Waals surface area contributed by atoms with Gasteiger partial charge in [0.25, 0.3) is 25.8 Å². The number of nitrogens with one attached hydrogen (secondary N) is 2. The van der Waals surface area contributed by atoms with Crippen molar-refractivity contribution in [3.63, 3.8) is 0 Å². The first-order valence-corrected chi connectivity index (χ1v) is 26.0. The number of ether oxygens (including phenoxy) is 1. The predicted octanol–water partition coefficient (Wildman–Crippen LogP) is 9.44. The number of anilines is 2. The molecule has 0 bridgehead atoms. The minimum atomic E-state index is -6.09. The maximum atomic E-state index is 14.2. The minimum Gasteiger partial charge on any atom is -0.395 e. The number of alkyl halides is 3. The maximum Gasteiger partial charge on any atom is 0.501 e. The fourth-order valence-electron chi connectivity index (χ4n) is 8.89. The van der Waals surface area contributed by atoms with E-state index in [0.29, 0.717) is 42.9 Å². The Balaban J connectivity index is 1.04. The predicted molar refractivity (Wildman–Crippen MR) is 253 cm³/mol. The van der Waals surface area contributed by atoms with Gasteiger partial charge in [0, 0.05) is 65.7 Å². The van der Waals surface area contributed by atoms with Crippen molar-refractivity contribution in [1.29, 1.82) is 0 Å². The van der Waals surface area contributed by atoms with E-state index < -0.39 is 52.8 Å². The van der Waals surface area contributed by atoms with Gasteiger partial charge >= 0.3 is 5.51 Å². The largest absolute Gasteiger partial charge is 0.501 e. The molecule has 2 aliphatic heterocycles. The van der Waals surface area contributed by atoms with Gasteiger partial charge in [-0.05, 0) is 128 Å². The molecule has 2 fully saturated rings. The van der Waals surface area contributed by atoms with Crippen LogP contribution in [0.3, 0.4) is 0 Å². The monoisotopic (exact) mass is 984 g/mol. The lowest BCUT2D eigenvalue weighted by Gasteiger charge is -2.37. The summed E-state index contributed by atoms with van der Waals surface area (Å²) in [7, 11) is -9.25. The third-order valence-corrected chi connectivity index (χ3v) is 16.5. The van der Waals surface area contributed by atoms with E-state index >= 15 is 0 Å². The van der Waals surface area contributed by atoms with E-state index in [9.17, 15) is 39.9 Å². The average molecular weight is 986 g/mol. The first-order valence-electron chi connectivity index (χ1n) is 21.6. The minimum absolute atomic E-state index is 0.0298. The highest BCUT2D eigenvalue weighted by Gasteiger charge is 2.48. The van der Waals surface area contributed by atoms with Gasteiger partial charge < -0.3 is 20.1 Å².